The summed E-state index contributed by atoms with van der Waals surface area (Å²) in [5.74, 6) is 7.23. The number of amides is 1. The molecular weight excluding hydrogens is 490 g/mol. The highest BCUT2D eigenvalue weighted by Crippen LogP contribution is 2.51. The minimum Gasteiger partial charge on any atom is -0.481 e. The smallest absolute Gasteiger partial charge is 0.251 e. The van der Waals surface area contributed by atoms with Crippen LogP contribution in [0.4, 0.5) is 5.82 Å². The lowest BCUT2D eigenvalue weighted by Gasteiger charge is -2.42. The molecule has 1 saturated heterocycles. The predicted molar refractivity (Wildman–Crippen MR) is 148 cm³/mol. The van der Waals surface area contributed by atoms with Gasteiger partial charge in [0.05, 0.1) is 12.8 Å². The van der Waals surface area contributed by atoms with E-state index in [9.17, 15) is 9.90 Å². The molecule has 0 bridgehead atoms. The third-order valence-corrected chi connectivity index (χ3v) is 8.18. The standard InChI is InChI=1S/C31H33N5O3/c32-28-26-6-2-1-4-22(26)18-31(28)13-15-36(16-14-31)29-27(20-37)34-24(19-33-29)5-3-17-39-25-11-7-21(8-12-25)30(38)35-23-9-10-23/h1-2,4,6-8,11-12,19,23,28,37H,9-10,13-18,20,32H2,(H,35,38)/t28-/m1/s1. The van der Waals surface area contributed by atoms with Gasteiger partial charge in [0, 0.05) is 30.7 Å². The van der Waals surface area contributed by atoms with Crippen molar-refractivity contribution in [2.24, 2.45) is 11.1 Å². The number of nitrogens with two attached hydrogens (primary N) is 1. The fourth-order valence-corrected chi connectivity index (χ4v) is 5.77. The molecule has 1 aromatic heterocycles. The number of nitrogens with one attached hydrogen (secondary N) is 1. The predicted octanol–water partition coefficient (Wildman–Crippen LogP) is 3.13. The molecule has 1 amide bonds. The van der Waals surface area contributed by atoms with E-state index in [-0.39, 0.29) is 30.6 Å². The lowest BCUT2D eigenvalue weighted by molar-refractivity contribution is 0.0951. The van der Waals surface area contributed by atoms with Crippen LogP contribution in [0.3, 0.4) is 0 Å². The van der Waals surface area contributed by atoms with E-state index in [1.165, 1.54) is 11.1 Å². The van der Waals surface area contributed by atoms with Crippen molar-refractivity contribution in [2.75, 3.05) is 24.6 Å². The van der Waals surface area contributed by atoms with E-state index in [4.69, 9.17) is 10.5 Å². The maximum absolute atomic E-state index is 12.1. The van der Waals surface area contributed by atoms with Gasteiger partial charge in [0.2, 0.25) is 0 Å². The van der Waals surface area contributed by atoms with E-state index in [0.717, 1.165) is 45.2 Å². The Balaban J connectivity index is 1.04. The Hall–Kier alpha value is -3.93. The van der Waals surface area contributed by atoms with Crippen LogP contribution in [0.1, 0.15) is 64.6 Å². The van der Waals surface area contributed by atoms with Crippen LogP contribution in [0.5, 0.6) is 5.75 Å². The largest absolute Gasteiger partial charge is 0.481 e. The zero-order valence-corrected chi connectivity index (χ0v) is 21.9. The van der Waals surface area contributed by atoms with Gasteiger partial charge in [0.25, 0.3) is 5.91 Å². The maximum atomic E-state index is 12.1. The number of hydrogen-bond donors (Lipinski definition) is 3. The van der Waals surface area contributed by atoms with Crippen molar-refractivity contribution in [3.05, 3.63) is 82.8 Å². The van der Waals surface area contributed by atoms with Gasteiger partial charge in [-0.3, -0.25) is 4.79 Å². The molecule has 1 atom stereocenters. The number of hydrogen-bond acceptors (Lipinski definition) is 7. The average molecular weight is 524 g/mol. The maximum Gasteiger partial charge on any atom is 0.251 e. The van der Waals surface area contributed by atoms with Crippen LogP contribution >= 0.6 is 0 Å². The fourth-order valence-electron chi connectivity index (χ4n) is 5.77. The van der Waals surface area contributed by atoms with Crippen LogP contribution in [-0.2, 0) is 13.0 Å². The number of carbonyl (C=O) groups is 1. The van der Waals surface area contributed by atoms with Crippen molar-refractivity contribution in [2.45, 2.75) is 50.8 Å². The topological polar surface area (TPSA) is 114 Å². The second kappa shape index (κ2) is 10.7. The van der Waals surface area contributed by atoms with E-state index in [2.05, 4.69) is 56.3 Å². The highest BCUT2D eigenvalue weighted by molar-refractivity contribution is 5.94. The summed E-state index contributed by atoms with van der Waals surface area (Å²) >= 11 is 0. The lowest BCUT2D eigenvalue weighted by atomic mass is 9.73. The average Bonchev–Trinajstić information content (AvgIpc) is 3.75. The molecule has 8 nitrogen and oxygen atoms in total. The molecule has 1 saturated carbocycles. The molecule has 0 unspecified atom stereocenters. The minimum atomic E-state index is -0.207. The molecule has 0 radical (unpaired) electrons. The number of nitrogens with zero attached hydrogens (tertiary/aromatic N) is 3. The Labute approximate surface area is 228 Å². The second-order valence-electron chi connectivity index (χ2n) is 10.7. The lowest BCUT2D eigenvalue weighted by Crippen LogP contribution is -2.45. The molecule has 3 aromatic rings. The van der Waals surface area contributed by atoms with Crippen molar-refractivity contribution in [3.8, 4) is 17.6 Å². The Bertz CT molecular complexity index is 1420. The molecule has 2 fully saturated rings. The van der Waals surface area contributed by atoms with Gasteiger partial charge in [-0.15, -0.1) is 0 Å². The number of aliphatic hydroxyl groups is 1. The van der Waals surface area contributed by atoms with Gasteiger partial charge in [-0.2, -0.15) is 0 Å². The first-order valence-corrected chi connectivity index (χ1v) is 13.6. The number of aromatic nitrogens is 2. The van der Waals surface area contributed by atoms with Crippen molar-refractivity contribution in [3.63, 3.8) is 0 Å². The number of piperidine rings is 1. The van der Waals surface area contributed by atoms with Crippen molar-refractivity contribution in [1.82, 2.24) is 15.3 Å². The van der Waals surface area contributed by atoms with Gasteiger partial charge in [-0.05, 0) is 78.8 Å². The van der Waals surface area contributed by atoms with E-state index >= 15 is 0 Å². The molecule has 1 spiro atoms. The Morgan fingerprint density at radius 1 is 1.15 bits per heavy atom. The molecule has 2 aromatic carbocycles. The number of ether oxygens (including phenoxy) is 1. The number of carbonyl (C=O) groups excluding carboxylic acids is 1. The summed E-state index contributed by atoms with van der Waals surface area (Å²) in [6.07, 6.45) is 6.73. The van der Waals surface area contributed by atoms with Gasteiger partial charge in [-0.1, -0.05) is 30.2 Å². The summed E-state index contributed by atoms with van der Waals surface area (Å²) < 4.78 is 5.69. The van der Waals surface area contributed by atoms with Crippen LogP contribution in [0.15, 0.2) is 54.7 Å². The minimum absolute atomic E-state index is 0.0534. The van der Waals surface area contributed by atoms with Gasteiger partial charge >= 0.3 is 0 Å². The number of anilines is 1. The summed E-state index contributed by atoms with van der Waals surface area (Å²) in [5.41, 5.74) is 11.1. The van der Waals surface area contributed by atoms with Crippen LogP contribution in [0.25, 0.3) is 0 Å². The number of rotatable bonds is 6. The van der Waals surface area contributed by atoms with Gasteiger partial charge in [0.1, 0.15) is 23.7 Å². The number of aliphatic hydroxyl groups excluding tert-OH is 1. The van der Waals surface area contributed by atoms with Gasteiger partial charge in [-0.25, -0.2) is 9.97 Å². The van der Waals surface area contributed by atoms with Gasteiger partial charge in [0.15, 0.2) is 5.82 Å². The first kappa shape index (κ1) is 25.4. The van der Waals surface area contributed by atoms with Crippen molar-refractivity contribution >= 4 is 11.7 Å². The molecule has 2 heterocycles. The molecule has 6 rings (SSSR count). The van der Waals surface area contributed by atoms with Crippen LogP contribution in [0, 0.1) is 17.3 Å². The third kappa shape index (κ3) is 5.33. The zero-order valence-electron chi connectivity index (χ0n) is 21.9. The first-order chi connectivity index (χ1) is 19.0. The van der Waals surface area contributed by atoms with Crippen LogP contribution in [0.2, 0.25) is 0 Å². The van der Waals surface area contributed by atoms with Gasteiger partial charge < -0.3 is 25.8 Å². The van der Waals surface area contributed by atoms with Crippen LogP contribution < -0.4 is 20.7 Å². The SMILES string of the molecule is N[C@@H]1c2ccccc2CC12CCN(c1ncc(C#CCOc3ccc(C(=O)NC4CC4)cc3)nc1CO)CC2. The quantitative estimate of drug-likeness (QED) is 0.426. The molecule has 200 valence electrons. The van der Waals surface area contributed by atoms with Crippen molar-refractivity contribution in [1.29, 1.82) is 0 Å². The highest BCUT2D eigenvalue weighted by atomic mass is 16.5. The molecule has 8 heteroatoms. The Kier molecular flexibility index (Phi) is 6.94. The van der Waals surface area contributed by atoms with E-state index in [1.54, 1.807) is 30.5 Å². The van der Waals surface area contributed by atoms with E-state index in [1.807, 2.05) is 0 Å². The Morgan fingerprint density at radius 2 is 1.92 bits per heavy atom. The second-order valence-corrected chi connectivity index (χ2v) is 10.7. The van der Waals surface area contributed by atoms with E-state index in [0.29, 0.717) is 34.6 Å². The molecular formula is C31H33N5O3. The molecule has 4 N–H and O–H groups in total. The normalized spacial score (nSPS) is 19.2. The number of benzene rings is 2. The van der Waals surface area contributed by atoms with Crippen LogP contribution in [-0.4, -0.2) is 46.7 Å². The molecule has 1 aliphatic heterocycles. The summed E-state index contributed by atoms with van der Waals surface area (Å²) in [4.78, 5) is 23.5. The molecule has 3 aliphatic rings. The monoisotopic (exact) mass is 523 g/mol. The number of fused-ring (bicyclic) bond motifs is 1. The van der Waals surface area contributed by atoms with Crippen molar-refractivity contribution < 1.29 is 14.6 Å². The third-order valence-electron chi connectivity index (χ3n) is 8.18. The zero-order chi connectivity index (χ0) is 26.8. The summed E-state index contributed by atoms with van der Waals surface area (Å²) in [6.45, 7) is 1.61. The highest BCUT2D eigenvalue weighted by Gasteiger charge is 2.46. The van der Waals surface area contributed by atoms with E-state index < -0.39 is 0 Å². The Morgan fingerprint density at radius 3 is 2.64 bits per heavy atom. The molecule has 39 heavy (non-hydrogen) atoms. The first-order valence-electron chi connectivity index (χ1n) is 13.6. The summed E-state index contributed by atoms with van der Waals surface area (Å²) in [6, 6.07) is 15.9. The molecule has 2 aliphatic carbocycles. The summed E-state index contributed by atoms with van der Waals surface area (Å²) in [7, 11) is 0. The fraction of sp³-hybridized carbons (Fsp3) is 0.387. The summed E-state index contributed by atoms with van der Waals surface area (Å²) in [5, 5.41) is 13.0.